The Hall–Kier alpha value is -1.92. The third-order valence-corrected chi connectivity index (χ3v) is 5.86. The number of ether oxygens (including phenoxy) is 1. The van der Waals surface area contributed by atoms with Crippen LogP contribution < -0.4 is 4.90 Å². The van der Waals surface area contributed by atoms with Crippen LogP contribution in [-0.2, 0) is 11.3 Å². The highest BCUT2D eigenvalue weighted by atomic mass is 32.1. The predicted molar refractivity (Wildman–Crippen MR) is 96.3 cm³/mol. The summed E-state index contributed by atoms with van der Waals surface area (Å²) in [6.07, 6.45) is 1.59. The van der Waals surface area contributed by atoms with Gasteiger partial charge < -0.3 is 4.74 Å². The van der Waals surface area contributed by atoms with Crippen LogP contribution in [0.15, 0.2) is 41.1 Å². The fraction of sp³-hybridized carbons (Fsp3) is 0.421. The molecule has 3 saturated heterocycles. The number of thiophene rings is 1. The fourth-order valence-electron chi connectivity index (χ4n) is 3.72. The zero-order valence-corrected chi connectivity index (χ0v) is 14.8. The number of halogens is 1. The minimum Gasteiger partial charge on any atom is -0.444 e. The maximum absolute atomic E-state index is 14.3. The number of amides is 1. The second-order valence-electron chi connectivity index (χ2n) is 6.73. The number of para-hydroxylation sites is 1. The molecule has 0 radical (unpaired) electrons. The fourth-order valence-corrected chi connectivity index (χ4v) is 4.38. The van der Waals surface area contributed by atoms with E-state index in [0.717, 1.165) is 38.0 Å². The van der Waals surface area contributed by atoms with Gasteiger partial charge in [-0.1, -0.05) is 12.1 Å². The first-order chi connectivity index (χ1) is 12.2. The van der Waals surface area contributed by atoms with Gasteiger partial charge in [-0.15, -0.1) is 0 Å². The van der Waals surface area contributed by atoms with Gasteiger partial charge in [0.2, 0.25) is 0 Å². The zero-order chi connectivity index (χ0) is 17.2. The summed E-state index contributed by atoms with van der Waals surface area (Å²) in [4.78, 5) is 16.6. The quantitative estimate of drug-likeness (QED) is 0.822. The van der Waals surface area contributed by atoms with Crippen LogP contribution in [0, 0.1) is 11.7 Å². The number of nitrogens with zero attached hydrogens (tertiary/aromatic N) is 2. The molecule has 0 unspecified atom stereocenters. The Bertz CT molecular complexity index is 729. The molecule has 25 heavy (non-hydrogen) atoms. The summed E-state index contributed by atoms with van der Waals surface area (Å²) in [7, 11) is 0. The minimum absolute atomic E-state index is 0.0910. The summed E-state index contributed by atoms with van der Waals surface area (Å²) in [5, 5.41) is 3.92. The van der Waals surface area contributed by atoms with Gasteiger partial charge in [-0.3, -0.25) is 9.80 Å². The molecule has 3 aliphatic heterocycles. The normalized spacial score (nSPS) is 24.9. The van der Waals surface area contributed by atoms with Gasteiger partial charge in [0.15, 0.2) is 0 Å². The van der Waals surface area contributed by atoms with Crippen LogP contribution >= 0.6 is 11.3 Å². The number of hydrogen-bond donors (Lipinski definition) is 0. The molecule has 2 bridgehead atoms. The SMILES string of the molecule is O=C(O[C@H]1CN2CCC1CC2)N(Cc1ccsc1)c1ccccc1F. The van der Waals surface area contributed by atoms with Gasteiger partial charge >= 0.3 is 6.09 Å². The van der Waals surface area contributed by atoms with Crippen LogP contribution in [0.2, 0.25) is 0 Å². The van der Waals surface area contributed by atoms with Crippen molar-refractivity contribution in [1.29, 1.82) is 0 Å². The standard InChI is InChI=1S/C19H21FN2O2S/c20-16-3-1-2-4-17(16)22(11-14-7-10-25-13-14)19(23)24-18-12-21-8-5-15(18)6-9-21/h1-4,7,10,13,15,18H,5-6,8-9,11-12H2/t18-/m0/s1. The molecule has 4 heterocycles. The van der Waals surface area contributed by atoms with E-state index < -0.39 is 11.9 Å². The molecule has 6 heteroatoms. The van der Waals surface area contributed by atoms with E-state index in [9.17, 15) is 9.18 Å². The van der Waals surface area contributed by atoms with Crippen LogP contribution in [0.5, 0.6) is 0 Å². The second-order valence-corrected chi connectivity index (χ2v) is 7.51. The number of benzene rings is 1. The summed E-state index contributed by atoms with van der Waals surface area (Å²) in [5.74, 6) is 0.0150. The van der Waals surface area contributed by atoms with Gasteiger partial charge in [0, 0.05) is 6.54 Å². The molecule has 4 nitrogen and oxygen atoms in total. The molecule has 5 rings (SSSR count). The molecule has 2 aromatic rings. The topological polar surface area (TPSA) is 32.8 Å². The Labute approximate surface area is 150 Å². The number of rotatable bonds is 4. The maximum Gasteiger partial charge on any atom is 0.415 e. The summed E-state index contributed by atoms with van der Waals surface area (Å²) in [6.45, 7) is 3.28. The van der Waals surface area contributed by atoms with Crippen molar-refractivity contribution in [3.63, 3.8) is 0 Å². The molecule has 3 fully saturated rings. The van der Waals surface area contributed by atoms with E-state index in [1.165, 1.54) is 11.0 Å². The lowest BCUT2D eigenvalue weighted by Crippen LogP contribution is -2.53. The van der Waals surface area contributed by atoms with E-state index in [-0.39, 0.29) is 11.8 Å². The highest BCUT2D eigenvalue weighted by Crippen LogP contribution is 2.31. The van der Waals surface area contributed by atoms with E-state index >= 15 is 0 Å². The van der Waals surface area contributed by atoms with Gasteiger partial charge in [0.25, 0.3) is 0 Å². The average Bonchev–Trinajstić information content (AvgIpc) is 3.15. The first-order valence-electron chi connectivity index (χ1n) is 8.67. The number of fused-ring (bicyclic) bond motifs is 3. The van der Waals surface area contributed by atoms with Crippen LogP contribution in [0.1, 0.15) is 18.4 Å². The van der Waals surface area contributed by atoms with Crippen molar-refractivity contribution in [2.45, 2.75) is 25.5 Å². The van der Waals surface area contributed by atoms with Crippen molar-refractivity contribution in [2.75, 3.05) is 24.5 Å². The number of piperidine rings is 3. The largest absolute Gasteiger partial charge is 0.444 e. The third-order valence-electron chi connectivity index (χ3n) is 5.13. The summed E-state index contributed by atoms with van der Waals surface area (Å²) in [5.41, 5.74) is 1.24. The lowest BCUT2D eigenvalue weighted by atomic mass is 9.86. The van der Waals surface area contributed by atoms with Gasteiger partial charge in [-0.05, 0) is 66.4 Å². The van der Waals surface area contributed by atoms with Crippen LogP contribution in [0.3, 0.4) is 0 Å². The predicted octanol–water partition coefficient (Wildman–Crippen LogP) is 4.12. The van der Waals surface area contributed by atoms with E-state index in [2.05, 4.69) is 4.90 Å². The highest BCUT2D eigenvalue weighted by Gasteiger charge is 2.37. The summed E-state index contributed by atoms with van der Waals surface area (Å²) >= 11 is 1.56. The minimum atomic E-state index is -0.463. The van der Waals surface area contributed by atoms with E-state index in [1.807, 2.05) is 16.8 Å². The Morgan fingerprint density at radius 3 is 2.72 bits per heavy atom. The number of anilines is 1. The third kappa shape index (κ3) is 3.55. The lowest BCUT2D eigenvalue weighted by molar-refractivity contribution is -0.0311. The average molecular weight is 360 g/mol. The van der Waals surface area contributed by atoms with Gasteiger partial charge in [-0.2, -0.15) is 11.3 Å². The molecule has 1 atom stereocenters. The first-order valence-corrected chi connectivity index (χ1v) is 9.61. The Balaban J connectivity index is 1.54. The number of carbonyl (C=O) groups is 1. The van der Waals surface area contributed by atoms with Gasteiger partial charge in [0.1, 0.15) is 11.9 Å². The van der Waals surface area contributed by atoms with Gasteiger partial charge in [-0.25, -0.2) is 9.18 Å². The second kappa shape index (κ2) is 7.14. The van der Waals surface area contributed by atoms with Crippen molar-refractivity contribution in [3.8, 4) is 0 Å². The van der Waals surface area contributed by atoms with E-state index in [0.29, 0.717) is 12.5 Å². The van der Waals surface area contributed by atoms with Crippen LogP contribution in [0.4, 0.5) is 14.9 Å². The molecule has 3 aliphatic rings. The van der Waals surface area contributed by atoms with Crippen molar-refractivity contribution in [2.24, 2.45) is 5.92 Å². The monoisotopic (exact) mass is 360 g/mol. The Morgan fingerprint density at radius 1 is 1.28 bits per heavy atom. The summed E-state index contributed by atoms with van der Waals surface area (Å²) in [6, 6.07) is 8.30. The first kappa shape index (κ1) is 16.5. The molecular weight excluding hydrogens is 339 g/mol. The van der Waals surface area contributed by atoms with Crippen LogP contribution in [0.25, 0.3) is 0 Å². The molecular formula is C19H21FN2O2S. The molecule has 1 amide bonds. The molecule has 0 saturated carbocycles. The highest BCUT2D eigenvalue weighted by molar-refractivity contribution is 7.07. The van der Waals surface area contributed by atoms with Crippen molar-refractivity contribution in [1.82, 2.24) is 4.90 Å². The van der Waals surface area contributed by atoms with E-state index in [1.54, 1.807) is 29.5 Å². The number of hydrogen-bond acceptors (Lipinski definition) is 4. The molecule has 132 valence electrons. The maximum atomic E-state index is 14.3. The number of carbonyl (C=O) groups excluding carboxylic acids is 1. The lowest BCUT2D eigenvalue weighted by Gasteiger charge is -2.44. The zero-order valence-electron chi connectivity index (χ0n) is 13.9. The summed E-state index contributed by atoms with van der Waals surface area (Å²) < 4.78 is 20.1. The smallest absolute Gasteiger partial charge is 0.415 e. The molecule has 1 aromatic carbocycles. The Kier molecular flexibility index (Phi) is 4.72. The molecule has 0 aliphatic carbocycles. The Morgan fingerprint density at radius 2 is 2.08 bits per heavy atom. The van der Waals surface area contributed by atoms with Crippen LogP contribution in [-0.4, -0.2) is 36.7 Å². The van der Waals surface area contributed by atoms with E-state index in [4.69, 9.17) is 4.74 Å². The molecule has 1 aromatic heterocycles. The van der Waals surface area contributed by atoms with Crippen molar-refractivity contribution >= 4 is 23.1 Å². The van der Waals surface area contributed by atoms with Gasteiger partial charge in [0.05, 0.1) is 12.2 Å². The molecule has 0 spiro atoms. The van der Waals surface area contributed by atoms with Crippen molar-refractivity contribution in [3.05, 3.63) is 52.5 Å². The molecule has 0 N–H and O–H groups in total. The van der Waals surface area contributed by atoms with Crippen molar-refractivity contribution < 1.29 is 13.9 Å².